The Morgan fingerprint density at radius 1 is 1.05 bits per heavy atom. The molecule has 2 aromatic carbocycles. The van der Waals surface area contributed by atoms with Crippen molar-refractivity contribution in [2.75, 3.05) is 12.8 Å². The first-order valence-electron chi connectivity index (χ1n) is 6.87. The highest BCUT2D eigenvalue weighted by Crippen LogP contribution is 2.10. The minimum Gasteiger partial charge on any atom is -0.399 e. The van der Waals surface area contributed by atoms with Gasteiger partial charge in [-0.05, 0) is 41.8 Å². The van der Waals surface area contributed by atoms with Crippen molar-refractivity contribution in [3.63, 3.8) is 0 Å². The number of rotatable bonds is 5. The third-order valence-electron chi connectivity index (χ3n) is 3.37. The summed E-state index contributed by atoms with van der Waals surface area (Å²) in [6.07, 6.45) is 1.13. The molecule has 1 amide bonds. The standard InChI is InChI=1S/C17H19FN2O/c1-20(12-14-2-7-15(18)8-3-14)17(21)11-6-13-4-9-16(19)10-5-13/h2-5,7-10H,6,11-12,19H2,1H3. The van der Waals surface area contributed by atoms with Crippen LogP contribution in [-0.2, 0) is 17.8 Å². The fourth-order valence-corrected chi connectivity index (χ4v) is 2.08. The van der Waals surface area contributed by atoms with E-state index in [0.717, 1.165) is 16.8 Å². The molecule has 0 spiro atoms. The van der Waals surface area contributed by atoms with Crippen LogP contribution in [0.3, 0.4) is 0 Å². The maximum Gasteiger partial charge on any atom is 0.222 e. The number of nitrogens with two attached hydrogens (primary N) is 1. The molecular weight excluding hydrogens is 267 g/mol. The number of aryl methyl sites for hydroxylation is 1. The van der Waals surface area contributed by atoms with Gasteiger partial charge in [-0.15, -0.1) is 0 Å². The summed E-state index contributed by atoms with van der Waals surface area (Å²) in [6.45, 7) is 0.487. The number of carbonyl (C=O) groups is 1. The molecule has 0 aliphatic carbocycles. The third kappa shape index (κ3) is 4.60. The number of nitrogen functional groups attached to an aromatic ring is 1. The van der Waals surface area contributed by atoms with Crippen molar-refractivity contribution in [1.29, 1.82) is 0 Å². The van der Waals surface area contributed by atoms with Gasteiger partial charge in [0, 0.05) is 25.7 Å². The van der Waals surface area contributed by atoms with Gasteiger partial charge in [0.1, 0.15) is 5.82 Å². The van der Waals surface area contributed by atoms with Crippen molar-refractivity contribution in [3.05, 3.63) is 65.5 Å². The average molecular weight is 286 g/mol. The van der Waals surface area contributed by atoms with E-state index in [9.17, 15) is 9.18 Å². The average Bonchev–Trinajstić information content (AvgIpc) is 2.48. The summed E-state index contributed by atoms with van der Waals surface area (Å²) in [6, 6.07) is 13.7. The van der Waals surface area contributed by atoms with E-state index < -0.39 is 0 Å². The van der Waals surface area contributed by atoms with Gasteiger partial charge in [-0.3, -0.25) is 4.79 Å². The molecule has 0 aliphatic heterocycles. The summed E-state index contributed by atoms with van der Waals surface area (Å²) >= 11 is 0. The SMILES string of the molecule is CN(Cc1ccc(F)cc1)C(=O)CCc1ccc(N)cc1. The first-order chi connectivity index (χ1) is 10.0. The lowest BCUT2D eigenvalue weighted by Crippen LogP contribution is -2.26. The molecule has 21 heavy (non-hydrogen) atoms. The number of carbonyl (C=O) groups excluding carboxylic acids is 1. The molecule has 0 aliphatic rings. The van der Waals surface area contributed by atoms with Gasteiger partial charge in [0.15, 0.2) is 0 Å². The Morgan fingerprint density at radius 3 is 2.24 bits per heavy atom. The Kier molecular flexibility index (Phi) is 4.93. The molecule has 0 heterocycles. The minimum atomic E-state index is -0.268. The normalized spacial score (nSPS) is 10.4. The van der Waals surface area contributed by atoms with Gasteiger partial charge < -0.3 is 10.6 Å². The van der Waals surface area contributed by atoms with Gasteiger partial charge in [0.05, 0.1) is 0 Å². The van der Waals surface area contributed by atoms with Gasteiger partial charge in [-0.1, -0.05) is 24.3 Å². The fourth-order valence-electron chi connectivity index (χ4n) is 2.08. The van der Waals surface area contributed by atoms with E-state index in [4.69, 9.17) is 5.73 Å². The Labute approximate surface area is 124 Å². The lowest BCUT2D eigenvalue weighted by atomic mass is 10.1. The fraction of sp³-hybridized carbons (Fsp3) is 0.235. The molecule has 0 bridgehead atoms. The van der Waals surface area contributed by atoms with E-state index >= 15 is 0 Å². The maximum atomic E-state index is 12.8. The number of halogens is 1. The summed E-state index contributed by atoms with van der Waals surface area (Å²) in [5.74, 6) is -0.202. The van der Waals surface area contributed by atoms with Crippen LogP contribution in [0.4, 0.5) is 10.1 Å². The number of benzene rings is 2. The van der Waals surface area contributed by atoms with Gasteiger partial charge in [-0.2, -0.15) is 0 Å². The second kappa shape index (κ2) is 6.88. The lowest BCUT2D eigenvalue weighted by Gasteiger charge is -2.17. The zero-order valence-corrected chi connectivity index (χ0v) is 12.1. The molecule has 0 unspecified atom stereocenters. The van der Waals surface area contributed by atoms with Crippen molar-refractivity contribution in [1.82, 2.24) is 4.90 Å². The molecule has 110 valence electrons. The van der Waals surface area contributed by atoms with Crippen LogP contribution in [0, 0.1) is 5.82 Å². The predicted molar refractivity (Wildman–Crippen MR) is 82.0 cm³/mol. The van der Waals surface area contributed by atoms with E-state index in [2.05, 4.69) is 0 Å². The number of hydrogen-bond donors (Lipinski definition) is 1. The maximum absolute atomic E-state index is 12.8. The van der Waals surface area contributed by atoms with E-state index in [1.54, 1.807) is 24.1 Å². The Bertz CT molecular complexity index is 593. The second-order valence-corrected chi connectivity index (χ2v) is 5.12. The Hall–Kier alpha value is -2.36. The van der Waals surface area contributed by atoms with Crippen molar-refractivity contribution < 1.29 is 9.18 Å². The van der Waals surface area contributed by atoms with Crippen LogP contribution in [0.5, 0.6) is 0 Å². The first kappa shape index (κ1) is 15.0. The summed E-state index contributed by atoms with van der Waals surface area (Å²) in [5.41, 5.74) is 8.35. The van der Waals surface area contributed by atoms with Crippen LogP contribution in [-0.4, -0.2) is 17.9 Å². The monoisotopic (exact) mass is 286 g/mol. The van der Waals surface area contributed by atoms with Gasteiger partial charge in [0.2, 0.25) is 5.91 Å². The van der Waals surface area contributed by atoms with Gasteiger partial charge in [-0.25, -0.2) is 4.39 Å². The quantitative estimate of drug-likeness (QED) is 0.859. The highest BCUT2D eigenvalue weighted by atomic mass is 19.1. The molecule has 2 aromatic rings. The van der Waals surface area contributed by atoms with Crippen molar-refractivity contribution in [2.45, 2.75) is 19.4 Å². The van der Waals surface area contributed by atoms with Crippen molar-refractivity contribution in [3.8, 4) is 0 Å². The van der Waals surface area contributed by atoms with Crippen LogP contribution in [0.25, 0.3) is 0 Å². The Balaban J connectivity index is 1.84. The minimum absolute atomic E-state index is 0.0659. The van der Waals surface area contributed by atoms with E-state index in [-0.39, 0.29) is 11.7 Å². The van der Waals surface area contributed by atoms with Crippen LogP contribution in [0.1, 0.15) is 17.5 Å². The largest absolute Gasteiger partial charge is 0.399 e. The summed E-state index contributed by atoms with van der Waals surface area (Å²) in [5, 5.41) is 0. The molecule has 0 radical (unpaired) electrons. The van der Waals surface area contributed by atoms with Crippen molar-refractivity contribution >= 4 is 11.6 Å². The molecule has 0 fully saturated rings. The van der Waals surface area contributed by atoms with Crippen LogP contribution < -0.4 is 5.73 Å². The number of hydrogen-bond acceptors (Lipinski definition) is 2. The molecule has 0 saturated heterocycles. The number of nitrogens with zero attached hydrogens (tertiary/aromatic N) is 1. The zero-order valence-electron chi connectivity index (χ0n) is 12.1. The summed E-state index contributed by atoms with van der Waals surface area (Å²) < 4.78 is 12.8. The van der Waals surface area contributed by atoms with Gasteiger partial charge >= 0.3 is 0 Å². The predicted octanol–water partition coefficient (Wildman–Crippen LogP) is 3.00. The molecular formula is C17H19FN2O. The molecule has 4 heteroatoms. The lowest BCUT2D eigenvalue weighted by molar-refractivity contribution is -0.130. The highest BCUT2D eigenvalue weighted by molar-refractivity contribution is 5.76. The van der Waals surface area contributed by atoms with E-state index in [1.165, 1.54) is 12.1 Å². The highest BCUT2D eigenvalue weighted by Gasteiger charge is 2.09. The summed E-state index contributed by atoms with van der Waals surface area (Å²) in [7, 11) is 1.76. The summed E-state index contributed by atoms with van der Waals surface area (Å²) in [4.78, 5) is 13.7. The molecule has 2 N–H and O–H groups in total. The molecule has 3 nitrogen and oxygen atoms in total. The van der Waals surface area contributed by atoms with Gasteiger partial charge in [0.25, 0.3) is 0 Å². The second-order valence-electron chi connectivity index (χ2n) is 5.12. The molecule has 0 atom stereocenters. The Morgan fingerprint density at radius 2 is 1.62 bits per heavy atom. The molecule has 0 saturated carbocycles. The first-order valence-corrected chi connectivity index (χ1v) is 6.87. The third-order valence-corrected chi connectivity index (χ3v) is 3.37. The van der Waals surface area contributed by atoms with E-state index in [1.807, 2.05) is 24.3 Å². The van der Waals surface area contributed by atoms with Crippen LogP contribution >= 0.6 is 0 Å². The topological polar surface area (TPSA) is 46.3 Å². The van der Waals surface area contributed by atoms with Crippen molar-refractivity contribution in [2.24, 2.45) is 0 Å². The molecule has 2 rings (SSSR count). The molecule has 0 aromatic heterocycles. The smallest absolute Gasteiger partial charge is 0.222 e. The number of amides is 1. The van der Waals surface area contributed by atoms with Crippen LogP contribution in [0.15, 0.2) is 48.5 Å². The zero-order chi connectivity index (χ0) is 15.2. The number of anilines is 1. The van der Waals surface area contributed by atoms with Crippen LogP contribution in [0.2, 0.25) is 0 Å². The van der Waals surface area contributed by atoms with E-state index in [0.29, 0.717) is 19.4 Å².